The lowest BCUT2D eigenvalue weighted by atomic mass is 10.1. The fourth-order valence-electron chi connectivity index (χ4n) is 1.53. The highest BCUT2D eigenvalue weighted by atomic mass is 35.5. The van der Waals surface area contributed by atoms with E-state index in [1.54, 1.807) is 11.3 Å². The number of hydrogen-bond acceptors (Lipinski definition) is 2. The summed E-state index contributed by atoms with van der Waals surface area (Å²) in [7, 11) is 0. The van der Waals surface area contributed by atoms with E-state index in [4.69, 9.17) is 17.3 Å². The lowest BCUT2D eigenvalue weighted by molar-refractivity contribution is 1.07. The van der Waals surface area contributed by atoms with E-state index in [2.05, 4.69) is 12.1 Å². The summed E-state index contributed by atoms with van der Waals surface area (Å²) in [5.74, 6) is 0. The Balaban J connectivity index is 2.53. The molecule has 0 saturated carbocycles. The Morgan fingerprint density at radius 1 is 1.33 bits per heavy atom. The topological polar surface area (TPSA) is 26.0 Å². The zero-order valence-corrected chi connectivity index (χ0v) is 10.0. The monoisotopic (exact) mass is 237 g/mol. The van der Waals surface area contributed by atoms with Crippen molar-refractivity contribution in [3.63, 3.8) is 0 Å². The highest BCUT2D eigenvalue weighted by Crippen LogP contribution is 2.35. The number of hydrogen-bond donors (Lipinski definition) is 1. The maximum absolute atomic E-state index is 6.05. The molecule has 0 radical (unpaired) electrons. The second-order valence-electron chi connectivity index (χ2n) is 3.38. The molecule has 0 atom stereocenters. The average molecular weight is 238 g/mol. The summed E-state index contributed by atoms with van der Waals surface area (Å²) >= 11 is 7.76. The summed E-state index contributed by atoms with van der Waals surface area (Å²) in [5.41, 5.74) is 8.06. The summed E-state index contributed by atoms with van der Waals surface area (Å²) in [6.07, 6.45) is 0. The SMILES string of the molecule is Cc1sc(-c2ccccc2CN)cc1Cl. The molecule has 1 aromatic heterocycles. The summed E-state index contributed by atoms with van der Waals surface area (Å²) in [6, 6.07) is 10.2. The number of nitrogens with two attached hydrogens (primary N) is 1. The standard InChI is InChI=1S/C12H12ClNS/c1-8-11(13)6-12(15-8)10-5-3-2-4-9(10)7-14/h2-6H,7,14H2,1H3. The van der Waals surface area contributed by atoms with Gasteiger partial charge in [-0.15, -0.1) is 11.3 Å². The molecule has 0 aliphatic carbocycles. The van der Waals surface area contributed by atoms with E-state index in [0.717, 1.165) is 15.5 Å². The molecule has 0 fully saturated rings. The Morgan fingerprint density at radius 3 is 2.67 bits per heavy atom. The van der Waals surface area contributed by atoms with Gasteiger partial charge in [0.15, 0.2) is 0 Å². The number of benzene rings is 1. The number of aryl methyl sites for hydroxylation is 1. The molecule has 1 heterocycles. The average Bonchev–Trinajstić information content (AvgIpc) is 2.59. The molecule has 0 aliphatic heterocycles. The molecule has 0 amide bonds. The molecular weight excluding hydrogens is 226 g/mol. The maximum atomic E-state index is 6.05. The quantitative estimate of drug-likeness (QED) is 0.844. The minimum absolute atomic E-state index is 0.560. The predicted molar refractivity (Wildman–Crippen MR) is 67.4 cm³/mol. The summed E-state index contributed by atoms with van der Waals surface area (Å²) < 4.78 is 0. The van der Waals surface area contributed by atoms with Gasteiger partial charge in [0.05, 0.1) is 5.02 Å². The van der Waals surface area contributed by atoms with Crippen LogP contribution in [0.4, 0.5) is 0 Å². The molecule has 78 valence electrons. The van der Waals surface area contributed by atoms with Gasteiger partial charge in [0.2, 0.25) is 0 Å². The minimum atomic E-state index is 0.560. The van der Waals surface area contributed by atoms with E-state index in [1.807, 2.05) is 25.1 Å². The van der Waals surface area contributed by atoms with Crippen molar-refractivity contribution in [2.24, 2.45) is 5.73 Å². The first-order valence-electron chi connectivity index (χ1n) is 4.76. The first-order valence-corrected chi connectivity index (χ1v) is 5.96. The third kappa shape index (κ3) is 2.07. The zero-order chi connectivity index (χ0) is 10.8. The molecule has 15 heavy (non-hydrogen) atoms. The van der Waals surface area contributed by atoms with E-state index in [-0.39, 0.29) is 0 Å². The second kappa shape index (κ2) is 4.35. The van der Waals surface area contributed by atoms with Crippen LogP contribution in [0.2, 0.25) is 5.02 Å². The predicted octanol–water partition coefficient (Wildman–Crippen LogP) is 3.84. The number of halogens is 1. The van der Waals surface area contributed by atoms with Crippen molar-refractivity contribution in [2.45, 2.75) is 13.5 Å². The molecule has 0 saturated heterocycles. The Labute approximate surface area is 98.5 Å². The van der Waals surface area contributed by atoms with Crippen LogP contribution < -0.4 is 5.73 Å². The van der Waals surface area contributed by atoms with Gasteiger partial charge in [-0.25, -0.2) is 0 Å². The number of rotatable bonds is 2. The third-order valence-electron chi connectivity index (χ3n) is 2.36. The largest absolute Gasteiger partial charge is 0.326 e. The molecule has 1 nitrogen and oxygen atoms in total. The molecule has 0 aliphatic rings. The van der Waals surface area contributed by atoms with Gasteiger partial charge in [-0.1, -0.05) is 35.9 Å². The van der Waals surface area contributed by atoms with Gasteiger partial charge in [-0.3, -0.25) is 0 Å². The van der Waals surface area contributed by atoms with Crippen LogP contribution in [0.5, 0.6) is 0 Å². The van der Waals surface area contributed by atoms with E-state index < -0.39 is 0 Å². The normalized spacial score (nSPS) is 10.6. The molecule has 3 heteroatoms. The van der Waals surface area contributed by atoms with Crippen molar-refractivity contribution in [1.82, 2.24) is 0 Å². The zero-order valence-electron chi connectivity index (χ0n) is 8.46. The molecule has 0 spiro atoms. The first kappa shape index (κ1) is 10.7. The van der Waals surface area contributed by atoms with Crippen LogP contribution in [0.1, 0.15) is 10.4 Å². The summed E-state index contributed by atoms with van der Waals surface area (Å²) in [6.45, 7) is 2.59. The second-order valence-corrected chi connectivity index (χ2v) is 5.04. The molecule has 2 rings (SSSR count). The van der Waals surface area contributed by atoms with Gasteiger partial charge in [0.1, 0.15) is 0 Å². The van der Waals surface area contributed by atoms with Crippen LogP contribution in [-0.4, -0.2) is 0 Å². The van der Waals surface area contributed by atoms with Gasteiger partial charge >= 0.3 is 0 Å². The van der Waals surface area contributed by atoms with Crippen molar-refractivity contribution in [1.29, 1.82) is 0 Å². The van der Waals surface area contributed by atoms with Crippen LogP contribution in [-0.2, 0) is 6.54 Å². The van der Waals surface area contributed by atoms with Crippen LogP contribution in [0, 0.1) is 6.92 Å². The smallest absolute Gasteiger partial charge is 0.0548 e. The van der Waals surface area contributed by atoms with Crippen molar-refractivity contribution < 1.29 is 0 Å². The fourth-order valence-corrected chi connectivity index (χ4v) is 2.79. The van der Waals surface area contributed by atoms with E-state index in [9.17, 15) is 0 Å². The van der Waals surface area contributed by atoms with Gasteiger partial charge in [0, 0.05) is 16.3 Å². The van der Waals surface area contributed by atoms with Gasteiger partial charge in [-0.2, -0.15) is 0 Å². The van der Waals surface area contributed by atoms with Crippen molar-refractivity contribution in [3.8, 4) is 10.4 Å². The maximum Gasteiger partial charge on any atom is 0.0548 e. The molecule has 1 aromatic carbocycles. The van der Waals surface area contributed by atoms with Gasteiger partial charge in [0.25, 0.3) is 0 Å². The van der Waals surface area contributed by atoms with Crippen LogP contribution in [0.3, 0.4) is 0 Å². The third-order valence-corrected chi connectivity index (χ3v) is 3.95. The lowest BCUT2D eigenvalue weighted by Crippen LogP contribution is -1.97. The molecule has 0 unspecified atom stereocenters. The number of thiophene rings is 1. The molecular formula is C12H12ClNS. The lowest BCUT2D eigenvalue weighted by Gasteiger charge is -2.04. The van der Waals surface area contributed by atoms with E-state index in [0.29, 0.717) is 6.54 Å². The first-order chi connectivity index (χ1) is 7.22. The Kier molecular flexibility index (Phi) is 3.10. The molecule has 2 aromatic rings. The van der Waals surface area contributed by atoms with Crippen LogP contribution >= 0.6 is 22.9 Å². The molecule has 2 N–H and O–H groups in total. The summed E-state index contributed by atoms with van der Waals surface area (Å²) in [4.78, 5) is 2.34. The van der Waals surface area contributed by atoms with Crippen molar-refractivity contribution >= 4 is 22.9 Å². The van der Waals surface area contributed by atoms with Crippen molar-refractivity contribution in [3.05, 3.63) is 45.8 Å². The highest BCUT2D eigenvalue weighted by Gasteiger charge is 2.08. The Bertz CT molecular complexity index is 457. The minimum Gasteiger partial charge on any atom is -0.326 e. The highest BCUT2D eigenvalue weighted by molar-refractivity contribution is 7.16. The Hall–Kier alpha value is -0.830. The fraction of sp³-hybridized carbons (Fsp3) is 0.167. The summed E-state index contributed by atoms with van der Waals surface area (Å²) in [5, 5.41) is 0.835. The van der Waals surface area contributed by atoms with E-state index >= 15 is 0 Å². The van der Waals surface area contributed by atoms with E-state index in [1.165, 1.54) is 10.4 Å². The van der Waals surface area contributed by atoms with Crippen LogP contribution in [0.25, 0.3) is 10.4 Å². The van der Waals surface area contributed by atoms with Crippen LogP contribution in [0.15, 0.2) is 30.3 Å². The molecule has 0 bridgehead atoms. The van der Waals surface area contributed by atoms with Gasteiger partial charge < -0.3 is 5.73 Å². The Morgan fingerprint density at radius 2 is 2.07 bits per heavy atom. The van der Waals surface area contributed by atoms with Crippen molar-refractivity contribution in [2.75, 3.05) is 0 Å². The van der Waals surface area contributed by atoms with Gasteiger partial charge in [-0.05, 0) is 24.1 Å².